The van der Waals surface area contributed by atoms with Crippen LogP contribution in [-0.2, 0) is 11.2 Å². The number of amides is 2. The Hall–Kier alpha value is -2.21. The molecule has 2 saturated heterocycles. The quantitative estimate of drug-likeness (QED) is 0.848. The Kier molecular flexibility index (Phi) is 4.50. The van der Waals surface area contributed by atoms with Gasteiger partial charge in [0.2, 0.25) is 5.91 Å². The minimum atomic E-state index is -0.331. The number of hydrogen-bond acceptors (Lipinski definition) is 4. The van der Waals surface area contributed by atoms with Gasteiger partial charge in [0.25, 0.3) is 5.91 Å². The maximum atomic E-state index is 13.6. The monoisotopic (exact) mass is 396 g/mol. The highest BCUT2D eigenvalue weighted by Crippen LogP contribution is 2.44. The minimum absolute atomic E-state index is 0.0400. The second kappa shape index (κ2) is 6.94. The highest BCUT2D eigenvalue weighted by atomic mass is 16.3. The second-order valence-electron chi connectivity index (χ2n) is 9.20. The normalized spacial score (nSPS) is 28.9. The lowest BCUT2D eigenvalue weighted by Crippen LogP contribution is -2.64. The smallest absolute Gasteiger partial charge is 0.254 e. The largest absolute Gasteiger partial charge is 0.396 e. The van der Waals surface area contributed by atoms with Crippen molar-refractivity contribution in [1.29, 1.82) is 0 Å². The van der Waals surface area contributed by atoms with E-state index >= 15 is 0 Å². The van der Waals surface area contributed by atoms with E-state index in [1.54, 1.807) is 6.07 Å². The van der Waals surface area contributed by atoms with Gasteiger partial charge >= 0.3 is 0 Å². The van der Waals surface area contributed by atoms with Crippen molar-refractivity contribution in [3.05, 3.63) is 34.9 Å². The summed E-state index contributed by atoms with van der Waals surface area (Å²) in [6, 6.07) is 5.26. The molecule has 1 saturated carbocycles. The number of piperidine rings is 2. The number of nitrogens with zero attached hydrogens (tertiary/aromatic N) is 2. The van der Waals surface area contributed by atoms with Crippen LogP contribution in [0.15, 0.2) is 18.2 Å². The lowest BCUT2D eigenvalue weighted by molar-refractivity contribution is -0.140. The molecule has 0 aromatic heterocycles. The van der Waals surface area contributed by atoms with Crippen molar-refractivity contribution in [3.63, 3.8) is 0 Å². The Labute approximate surface area is 170 Å². The molecule has 29 heavy (non-hydrogen) atoms. The summed E-state index contributed by atoms with van der Waals surface area (Å²) < 4.78 is 0. The van der Waals surface area contributed by atoms with Crippen molar-refractivity contribution < 1.29 is 19.5 Å². The van der Waals surface area contributed by atoms with Gasteiger partial charge in [-0.15, -0.1) is 0 Å². The third-order valence-electron chi connectivity index (χ3n) is 7.55. The molecule has 0 bridgehead atoms. The third kappa shape index (κ3) is 3.00. The third-order valence-corrected chi connectivity index (χ3v) is 7.55. The van der Waals surface area contributed by atoms with Gasteiger partial charge in [0, 0.05) is 48.5 Å². The van der Waals surface area contributed by atoms with E-state index in [0.29, 0.717) is 43.6 Å². The summed E-state index contributed by atoms with van der Waals surface area (Å²) in [7, 11) is 0. The van der Waals surface area contributed by atoms with E-state index in [1.807, 2.05) is 21.9 Å². The van der Waals surface area contributed by atoms with Crippen molar-refractivity contribution in [2.45, 2.75) is 51.0 Å². The predicted octanol–water partition coefficient (Wildman–Crippen LogP) is 2.04. The van der Waals surface area contributed by atoms with Gasteiger partial charge in [-0.1, -0.05) is 12.1 Å². The molecule has 2 amide bonds. The van der Waals surface area contributed by atoms with Crippen LogP contribution in [0.25, 0.3) is 0 Å². The first kappa shape index (κ1) is 18.8. The van der Waals surface area contributed by atoms with E-state index in [2.05, 4.69) is 0 Å². The van der Waals surface area contributed by atoms with Gasteiger partial charge in [0.1, 0.15) is 0 Å². The molecule has 2 atom stereocenters. The average molecular weight is 396 g/mol. The molecule has 6 nitrogen and oxygen atoms in total. The fourth-order valence-corrected chi connectivity index (χ4v) is 5.64. The van der Waals surface area contributed by atoms with Crippen LogP contribution in [0.1, 0.15) is 64.8 Å². The summed E-state index contributed by atoms with van der Waals surface area (Å²) in [4.78, 5) is 42.3. The number of ketones is 1. The van der Waals surface area contributed by atoms with Crippen molar-refractivity contribution >= 4 is 17.6 Å². The summed E-state index contributed by atoms with van der Waals surface area (Å²) in [5.41, 5.74) is 1.83. The zero-order valence-corrected chi connectivity index (χ0v) is 16.7. The average Bonchev–Trinajstić information content (AvgIpc) is 3.54. The van der Waals surface area contributed by atoms with E-state index in [1.165, 1.54) is 0 Å². The highest BCUT2D eigenvalue weighted by molar-refractivity contribution is 6.05. The zero-order valence-electron chi connectivity index (χ0n) is 16.7. The van der Waals surface area contributed by atoms with Gasteiger partial charge in [-0.25, -0.2) is 0 Å². The van der Waals surface area contributed by atoms with E-state index in [0.717, 1.165) is 37.7 Å². The van der Waals surface area contributed by atoms with Crippen molar-refractivity contribution in [2.75, 3.05) is 26.2 Å². The molecule has 2 aliphatic heterocycles. The molecule has 4 aliphatic rings. The first-order valence-electron chi connectivity index (χ1n) is 10.9. The number of likely N-dealkylation sites (tertiary alicyclic amines) is 2. The zero-order chi connectivity index (χ0) is 20.2. The van der Waals surface area contributed by atoms with E-state index in [9.17, 15) is 19.5 Å². The highest BCUT2D eigenvalue weighted by Gasteiger charge is 2.51. The van der Waals surface area contributed by atoms with E-state index in [4.69, 9.17) is 0 Å². The summed E-state index contributed by atoms with van der Waals surface area (Å²) in [5, 5.41) is 10.3. The van der Waals surface area contributed by atoms with E-state index < -0.39 is 0 Å². The number of carbonyl (C=O) groups is 3. The van der Waals surface area contributed by atoms with Crippen LogP contribution < -0.4 is 0 Å². The van der Waals surface area contributed by atoms with Crippen LogP contribution >= 0.6 is 0 Å². The molecule has 2 heterocycles. The number of fused-ring (bicyclic) bond motifs is 2. The molecule has 5 rings (SSSR count). The Morgan fingerprint density at radius 2 is 1.97 bits per heavy atom. The Morgan fingerprint density at radius 1 is 1.14 bits per heavy atom. The summed E-state index contributed by atoms with van der Waals surface area (Å²) in [5.74, 6) is 0.421. The second-order valence-corrected chi connectivity index (χ2v) is 9.20. The molecule has 2 aliphatic carbocycles. The molecule has 1 aromatic rings. The number of benzene rings is 1. The molecular formula is C23H28N2O4. The van der Waals surface area contributed by atoms with Crippen molar-refractivity contribution in [2.24, 2.45) is 11.3 Å². The van der Waals surface area contributed by atoms with Gasteiger partial charge < -0.3 is 14.9 Å². The summed E-state index contributed by atoms with van der Waals surface area (Å²) in [6.07, 6.45) is 5.50. The molecule has 1 aromatic carbocycles. The summed E-state index contributed by atoms with van der Waals surface area (Å²) in [6.45, 7) is 1.85. The maximum Gasteiger partial charge on any atom is 0.254 e. The van der Waals surface area contributed by atoms with Crippen molar-refractivity contribution in [3.8, 4) is 0 Å². The lowest BCUT2D eigenvalue weighted by atomic mass is 9.68. The minimum Gasteiger partial charge on any atom is -0.396 e. The van der Waals surface area contributed by atoms with Crippen LogP contribution in [0.3, 0.4) is 0 Å². The first-order chi connectivity index (χ1) is 14.0. The van der Waals surface area contributed by atoms with Crippen LogP contribution in [0, 0.1) is 11.3 Å². The number of carbonyl (C=O) groups excluding carboxylic acids is 3. The summed E-state index contributed by atoms with van der Waals surface area (Å²) >= 11 is 0. The van der Waals surface area contributed by atoms with Crippen LogP contribution in [0.4, 0.5) is 0 Å². The van der Waals surface area contributed by atoms with Gasteiger partial charge in [0.15, 0.2) is 5.78 Å². The molecule has 154 valence electrons. The Morgan fingerprint density at radius 3 is 2.72 bits per heavy atom. The predicted molar refractivity (Wildman–Crippen MR) is 107 cm³/mol. The van der Waals surface area contributed by atoms with E-state index in [-0.39, 0.29) is 41.6 Å². The standard InChI is InChI=1S/C23H28N2O4/c26-14-23-9-2-11-25(20(23)13-24(12-10-23)21(28)15-5-6-15)22(29)18-4-1-3-17-16(18)7-8-19(17)27/h1,3-4,15,20,26H,2,5-14H2/t20-,23-/m0/s1. The number of Topliss-reactive ketones (excluding diaryl/α,β-unsaturated/α-hetero) is 1. The number of aliphatic hydroxyl groups excluding tert-OH is 1. The van der Waals surface area contributed by atoms with Gasteiger partial charge in [0.05, 0.1) is 12.6 Å². The molecular weight excluding hydrogens is 368 g/mol. The molecule has 3 fully saturated rings. The SMILES string of the molecule is O=C1CCc2c1cccc2C(=O)N1CCC[C@@]2(CO)CCN(C(=O)C3CC3)C[C@H]12. The molecule has 0 radical (unpaired) electrons. The molecule has 0 unspecified atom stereocenters. The van der Waals surface area contributed by atoms with Gasteiger partial charge in [-0.3, -0.25) is 14.4 Å². The van der Waals surface area contributed by atoms with Crippen LogP contribution in [0.5, 0.6) is 0 Å². The fraction of sp³-hybridized carbons (Fsp3) is 0.609. The van der Waals surface area contributed by atoms with Crippen LogP contribution in [-0.4, -0.2) is 64.8 Å². The lowest BCUT2D eigenvalue weighted by Gasteiger charge is -2.54. The first-order valence-corrected chi connectivity index (χ1v) is 10.9. The topological polar surface area (TPSA) is 77.9 Å². The number of hydrogen-bond donors (Lipinski definition) is 1. The fourth-order valence-electron chi connectivity index (χ4n) is 5.64. The maximum absolute atomic E-state index is 13.6. The van der Waals surface area contributed by atoms with Crippen molar-refractivity contribution in [1.82, 2.24) is 9.80 Å². The number of rotatable bonds is 3. The van der Waals surface area contributed by atoms with Gasteiger partial charge in [-0.05, 0) is 50.2 Å². The molecule has 6 heteroatoms. The van der Waals surface area contributed by atoms with Gasteiger partial charge in [-0.2, -0.15) is 0 Å². The Bertz CT molecular complexity index is 878. The molecule has 0 spiro atoms. The molecule has 1 N–H and O–H groups in total. The number of aliphatic hydroxyl groups is 1. The Balaban J connectivity index is 1.46. The van der Waals surface area contributed by atoms with Crippen LogP contribution in [0.2, 0.25) is 0 Å².